The summed E-state index contributed by atoms with van der Waals surface area (Å²) in [5.74, 6) is -0.366. The van der Waals surface area contributed by atoms with E-state index in [4.69, 9.17) is 0 Å². The molecule has 7 nitrogen and oxygen atoms in total. The fourth-order valence-electron chi connectivity index (χ4n) is 3.85. The van der Waals surface area contributed by atoms with Crippen molar-refractivity contribution in [3.63, 3.8) is 0 Å². The lowest BCUT2D eigenvalue weighted by Crippen LogP contribution is -2.37. The van der Waals surface area contributed by atoms with E-state index >= 15 is 0 Å². The van der Waals surface area contributed by atoms with Crippen LogP contribution in [0.15, 0.2) is 29.2 Å². The number of nitrogens with one attached hydrogen (secondary N) is 2. The minimum atomic E-state index is -3.48. The second-order valence-electron chi connectivity index (χ2n) is 7.59. The molecule has 28 heavy (non-hydrogen) atoms. The molecule has 1 aromatic rings. The van der Waals surface area contributed by atoms with Crippen LogP contribution in [0.3, 0.4) is 0 Å². The molecule has 1 heterocycles. The molecule has 2 amide bonds. The predicted molar refractivity (Wildman–Crippen MR) is 107 cm³/mol. The number of piperidine rings is 1. The molecule has 0 bridgehead atoms. The van der Waals surface area contributed by atoms with E-state index in [1.54, 1.807) is 12.1 Å². The minimum Gasteiger partial charge on any atom is -0.347 e. The predicted octanol–water partition coefficient (Wildman–Crippen LogP) is 2.50. The van der Waals surface area contributed by atoms with Gasteiger partial charge < -0.3 is 10.6 Å². The average molecular weight is 408 g/mol. The van der Waals surface area contributed by atoms with Crippen LogP contribution in [0.1, 0.15) is 51.4 Å². The number of benzene rings is 1. The summed E-state index contributed by atoms with van der Waals surface area (Å²) in [5.41, 5.74) is 0.509. The van der Waals surface area contributed by atoms with Crippen LogP contribution >= 0.6 is 0 Å². The summed E-state index contributed by atoms with van der Waals surface area (Å²) in [6.07, 6.45) is 7.93. The molecule has 1 aliphatic carbocycles. The number of carbonyl (C=O) groups excluding carboxylic acids is 2. The van der Waals surface area contributed by atoms with Crippen molar-refractivity contribution in [3.8, 4) is 0 Å². The molecule has 1 aliphatic heterocycles. The van der Waals surface area contributed by atoms with Gasteiger partial charge in [-0.25, -0.2) is 8.42 Å². The number of carbonyl (C=O) groups is 2. The fraction of sp³-hybridized carbons (Fsp3) is 0.600. The lowest BCUT2D eigenvalue weighted by atomic mass is 9.89. The Morgan fingerprint density at radius 3 is 2.18 bits per heavy atom. The highest BCUT2D eigenvalue weighted by Crippen LogP contribution is 2.24. The SMILES string of the molecule is O=C(CNC(=O)C1CCCCC1)Nc1ccc(S(=O)(=O)N2CCCCC2)cc1. The molecule has 2 fully saturated rings. The molecule has 1 saturated carbocycles. The molecule has 0 atom stereocenters. The van der Waals surface area contributed by atoms with E-state index < -0.39 is 10.0 Å². The zero-order chi connectivity index (χ0) is 20.0. The first-order valence-corrected chi connectivity index (χ1v) is 11.6. The van der Waals surface area contributed by atoms with Gasteiger partial charge >= 0.3 is 0 Å². The fourth-order valence-corrected chi connectivity index (χ4v) is 5.36. The number of nitrogens with zero attached hydrogens (tertiary/aromatic N) is 1. The standard InChI is InChI=1S/C20H29N3O4S/c24-19(15-21-20(25)16-7-3-1-4-8-16)22-17-9-11-18(12-10-17)28(26,27)23-13-5-2-6-14-23/h9-12,16H,1-8,13-15H2,(H,21,25)(H,22,24). The second-order valence-corrected chi connectivity index (χ2v) is 9.53. The summed E-state index contributed by atoms with van der Waals surface area (Å²) in [6.45, 7) is 1.03. The van der Waals surface area contributed by atoms with E-state index in [-0.39, 0.29) is 29.2 Å². The first kappa shape index (κ1) is 20.8. The zero-order valence-electron chi connectivity index (χ0n) is 16.2. The number of anilines is 1. The Labute approximate surface area is 166 Å². The zero-order valence-corrected chi connectivity index (χ0v) is 17.0. The van der Waals surface area contributed by atoms with Crippen LogP contribution in [0, 0.1) is 5.92 Å². The highest BCUT2D eigenvalue weighted by molar-refractivity contribution is 7.89. The van der Waals surface area contributed by atoms with Crippen molar-refractivity contribution in [2.75, 3.05) is 25.0 Å². The maximum atomic E-state index is 12.6. The van der Waals surface area contributed by atoms with Crippen LogP contribution < -0.4 is 10.6 Å². The maximum Gasteiger partial charge on any atom is 0.243 e. The summed E-state index contributed by atoms with van der Waals surface area (Å²) in [6, 6.07) is 6.19. The molecule has 154 valence electrons. The van der Waals surface area contributed by atoms with Crippen LogP contribution in [0.5, 0.6) is 0 Å². The third-order valence-electron chi connectivity index (χ3n) is 5.49. The third-order valence-corrected chi connectivity index (χ3v) is 7.40. The van der Waals surface area contributed by atoms with Crippen molar-refractivity contribution in [3.05, 3.63) is 24.3 Å². The number of hydrogen-bond donors (Lipinski definition) is 2. The lowest BCUT2D eigenvalue weighted by molar-refractivity contribution is -0.128. The second kappa shape index (κ2) is 9.52. The van der Waals surface area contributed by atoms with Crippen molar-refractivity contribution >= 4 is 27.5 Å². The van der Waals surface area contributed by atoms with Gasteiger partial charge in [-0.15, -0.1) is 0 Å². The Hall–Kier alpha value is -1.93. The van der Waals surface area contributed by atoms with Crippen LogP contribution in [-0.4, -0.2) is 44.2 Å². The Morgan fingerprint density at radius 1 is 0.929 bits per heavy atom. The molecule has 2 N–H and O–H groups in total. The quantitative estimate of drug-likeness (QED) is 0.757. The van der Waals surface area contributed by atoms with E-state index in [2.05, 4.69) is 10.6 Å². The molecule has 0 spiro atoms. The van der Waals surface area contributed by atoms with Gasteiger partial charge in [-0.1, -0.05) is 25.7 Å². The number of hydrogen-bond acceptors (Lipinski definition) is 4. The molecule has 0 aromatic heterocycles. The molecule has 3 rings (SSSR count). The van der Waals surface area contributed by atoms with Crippen molar-refractivity contribution in [2.45, 2.75) is 56.3 Å². The van der Waals surface area contributed by atoms with Crippen molar-refractivity contribution in [1.82, 2.24) is 9.62 Å². The van der Waals surface area contributed by atoms with E-state index in [1.807, 2.05) is 0 Å². The Bertz CT molecular complexity index is 780. The van der Waals surface area contributed by atoms with Gasteiger partial charge in [0.1, 0.15) is 0 Å². The molecule has 8 heteroatoms. The Morgan fingerprint density at radius 2 is 1.54 bits per heavy atom. The molecule has 2 aliphatic rings. The minimum absolute atomic E-state index is 0.0147. The monoisotopic (exact) mass is 407 g/mol. The van der Waals surface area contributed by atoms with Crippen molar-refractivity contribution in [2.24, 2.45) is 5.92 Å². The third kappa shape index (κ3) is 5.32. The van der Waals surface area contributed by atoms with E-state index in [0.717, 1.165) is 44.9 Å². The molecule has 1 saturated heterocycles. The van der Waals surface area contributed by atoms with Gasteiger partial charge in [-0.05, 0) is 49.9 Å². The Balaban J connectivity index is 1.50. The molecule has 0 unspecified atom stereocenters. The normalized spacial score (nSPS) is 19.1. The van der Waals surface area contributed by atoms with Gasteiger partial charge in [-0.2, -0.15) is 4.31 Å². The molecular weight excluding hydrogens is 378 g/mol. The summed E-state index contributed by atoms with van der Waals surface area (Å²) >= 11 is 0. The summed E-state index contributed by atoms with van der Waals surface area (Å²) in [7, 11) is -3.48. The van der Waals surface area contributed by atoms with Crippen LogP contribution in [0.25, 0.3) is 0 Å². The topological polar surface area (TPSA) is 95.6 Å². The van der Waals surface area contributed by atoms with Gasteiger partial charge in [0.25, 0.3) is 0 Å². The molecular formula is C20H29N3O4S. The van der Waals surface area contributed by atoms with E-state index in [1.165, 1.54) is 22.9 Å². The highest BCUT2D eigenvalue weighted by Gasteiger charge is 2.26. The number of rotatable bonds is 6. The van der Waals surface area contributed by atoms with E-state index in [0.29, 0.717) is 18.8 Å². The summed E-state index contributed by atoms with van der Waals surface area (Å²) in [5, 5.41) is 5.39. The smallest absolute Gasteiger partial charge is 0.243 e. The largest absolute Gasteiger partial charge is 0.347 e. The molecule has 0 radical (unpaired) electrons. The number of sulfonamides is 1. The summed E-state index contributed by atoms with van der Waals surface area (Å²) < 4.78 is 26.8. The average Bonchev–Trinajstić information content (AvgIpc) is 2.73. The van der Waals surface area contributed by atoms with Gasteiger partial charge in [0.05, 0.1) is 11.4 Å². The summed E-state index contributed by atoms with van der Waals surface area (Å²) in [4.78, 5) is 24.4. The van der Waals surface area contributed by atoms with Gasteiger partial charge in [-0.3, -0.25) is 9.59 Å². The van der Waals surface area contributed by atoms with Crippen molar-refractivity contribution in [1.29, 1.82) is 0 Å². The maximum absolute atomic E-state index is 12.6. The van der Waals surface area contributed by atoms with Crippen LogP contribution in [0.4, 0.5) is 5.69 Å². The Kier molecular flexibility index (Phi) is 7.07. The van der Waals surface area contributed by atoms with Crippen molar-refractivity contribution < 1.29 is 18.0 Å². The molecule has 1 aromatic carbocycles. The van der Waals surface area contributed by atoms with Gasteiger partial charge in [0.2, 0.25) is 21.8 Å². The lowest BCUT2D eigenvalue weighted by Gasteiger charge is -2.25. The first-order valence-electron chi connectivity index (χ1n) is 10.1. The first-order chi connectivity index (χ1) is 13.5. The van der Waals surface area contributed by atoms with Gasteiger partial charge in [0.15, 0.2) is 0 Å². The van der Waals surface area contributed by atoms with Gasteiger partial charge in [0, 0.05) is 24.7 Å². The van der Waals surface area contributed by atoms with Crippen LogP contribution in [-0.2, 0) is 19.6 Å². The highest BCUT2D eigenvalue weighted by atomic mass is 32.2. The van der Waals surface area contributed by atoms with E-state index in [9.17, 15) is 18.0 Å². The van der Waals surface area contributed by atoms with Crippen LogP contribution in [0.2, 0.25) is 0 Å². The number of amides is 2.